The Labute approximate surface area is 198 Å². The van der Waals surface area contributed by atoms with E-state index in [4.69, 9.17) is 10.4 Å². The zero-order chi connectivity index (χ0) is 23.2. The zero-order valence-corrected chi connectivity index (χ0v) is 19.8. The van der Waals surface area contributed by atoms with Crippen molar-refractivity contribution in [3.63, 3.8) is 0 Å². The highest BCUT2D eigenvalue weighted by atomic mass is 32.2. The Morgan fingerprint density at radius 2 is 2.09 bits per heavy atom. The molecule has 3 aromatic rings. The molecule has 8 nitrogen and oxygen atoms in total. The van der Waals surface area contributed by atoms with Crippen LogP contribution in [0.5, 0.6) is 0 Å². The lowest BCUT2D eigenvalue weighted by Crippen LogP contribution is -2.47. The fourth-order valence-electron chi connectivity index (χ4n) is 4.10. The second kappa shape index (κ2) is 10.5. The van der Waals surface area contributed by atoms with Crippen LogP contribution in [-0.2, 0) is 0 Å². The summed E-state index contributed by atoms with van der Waals surface area (Å²) in [6.07, 6.45) is 10.5. The van der Waals surface area contributed by atoms with E-state index in [1.807, 2.05) is 30.2 Å². The van der Waals surface area contributed by atoms with Crippen molar-refractivity contribution >= 4 is 34.9 Å². The molecule has 0 aliphatic carbocycles. The Bertz CT molecular complexity index is 1180. The van der Waals surface area contributed by atoms with Crippen LogP contribution in [-0.4, -0.2) is 77.5 Å². The second-order valence-corrected chi connectivity index (χ2v) is 8.85. The molecule has 0 unspecified atom stereocenters. The summed E-state index contributed by atoms with van der Waals surface area (Å²) >= 11 is 1.89. The van der Waals surface area contributed by atoms with Crippen molar-refractivity contribution in [3.8, 4) is 17.2 Å². The second-order valence-electron chi connectivity index (χ2n) is 7.86. The van der Waals surface area contributed by atoms with E-state index in [1.165, 1.54) is 12.0 Å². The molecule has 1 fully saturated rings. The summed E-state index contributed by atoms with van der Waals surface area (Å²) in [6, 6.07) is 8.35. The normalized spacial score (nSPS) is 14.9. The predicted molar refractivity (Wildman–Crippen MR) is 136 cm³/mol. The van der Waals surface area contributed by atoms with Gasteiger partial charge in [-0.05, 0) is 24.5 Å². The third-order valence-electron chi connectivity index (χ3n) is 5.89. The third kappa shape index (κ3) is 4.87. The maximum Gasteiger partial charge on any atom is 0.128 e. The van der Waals surface area contributed by atoms with Crippen LogP contribution in [0.3, 0.4) is 0 Å². The maximum absolute atomic E-state index is 9.61. The topological polar surface area (TPSA) is 96.3 Å². The minimum Gasteiger partial charge on any atom is -0.393 e. The summed E-state index contributed by atoms with van der Waals surface area (Å²) in [4.78, 5) is 9.60. The molecular formula is C24H28N8S. The molecule has 1 aliphatic rings. The maximum atomic E-state index is 9.61. The number of nitrogens with zero attached hydrogens (tertiary/aromatic N) is 6. The van der Waals surface area contributed by atoms with Crippen molar-refractivity contribution in [1.29, 1.82) is 10.7 Å². The SMILES string of the molecule is CN/C=C(\C=N)c1cc(-c2ccc(N3CCN(CCSC)CC3)nc2)c2c(C#N)cnn2c1. The number of nitrogens with one attached hydrogen (secondary N) is 2. The third-order valence-corrected chi connectivity index (χ3v) is 6.48. The number of aromatic nitrogens is 3. The van der Waals surface area contributed by atoms with Crippen molar-refractivity contribution in [2.75, 3.05) is 56.7 Å². The molecule has 0 saturated carbocycles. The summed E-state index contributed by atoms with van der Waals surface area (Å²) in [5.74, 6) is 2.14. The molecule has 33 heavy (non-hydrogen) atoms. The number of allylic oxidation sites excluding steroid dienone is 1. The molecule has 4 heterocycles. The Morgan fingerprint density at radius 1 is 1.27 bits per heavy atom. The van der Waals surface area contributed by atoms with E-state index in [0.29, 0.717) is 5.56 Å². The van der Waals surface area contributed by atoms with Gasteiger partial charge in [0.25, 0.3) is 0 Å². The number of anilines is 1. The molecule has 0 bridgehead atoms. The first kappa shape index (κ1) is 22.8. The first-order chi connectivity index (χ1) is 16.2. The minimum absolute atomic E-state index is 0.510. The van der Waals surface area contributed by atoms with E-state index in [9.17, 15) is 5.26 Å². The van der Waals surface area contributed by atoms with Gasteiger partial charge in [-0.1, -0.05) is 0 Å². The lowest BCUT2D eigenvalue weighted by molar-refractivity contribution is 0.273. The van der Waals surface area contributed by atoms with E-state index in [-0.39, 0.29) is 0 Å². The summed E-state index contributed by atoms with van der Waals surface area (Å²) in [6.45, 7) is 5.19. The van der Waals surface area contributed by atoms with Crippen LogP contribution in [0.15, 0.2) is 43.0 Å². The molecular weight excluding hydrogens is 432 g/mol. The van der Waals surface area contributed by atoms with Crippen LogP contribution >= 0.6 is 11.8 Å². The highest BCUT2D eigenvalue weighted by molar-refractivity contribution is 7.98. The number of nitriles is 1. The van der Waals surface area contributed by atoms with Gasteiger partial charge in [0.1, 0.15) is 11.9 Å². The lowest BCUT2D eigenvalue weighted by atomic mass is 10.0. The van der Waals surface area contributed by atoms with Crippen LogP contribution in [0.1, 0.15) is 11.1 Å². The van der Waals surface area contributed by atoms with Gasteiger partial charge in [-0.2, -0.15) is 22.1 Å². The number of piperazine rings is 1. The fourth-order valence-corrected chi connectivity index (χ4v) is 4.54. The molecule has 0 atom stereocenters. The molecule has 4 rings (SSSR count). The highest BCUT2D eigenvalue weighted by Crippen LogP contribution is 2.30. The van der Waals surface area contributed by atoms with Crippen molar-refractivity contribution in [2.45, 2.75) is 0 Å². The molecule has 9 heteroatoms. The lowest BCUT2D eigenvalue weighted by Gasteiger charge is -2.35. The van der Waals surface area contributed by atoms with E-state index in [1.54, 1.807) is 24.0 Å². The number of hydrogen-bond acceptors (Lipinski definition) is 8. The Balaban J connectivity index is 1.65. The summed E-state index contributed by atoms with van der Waals surface area (Å²) < 4.78 is 1.71. The monoisotopic (exact) mass is 460 g/mol. The van der Waals surface area contributed by atoms with Crippen molar-refractivity contribution in [2.24, 2.45) is 0 Å². The molecule has 170 valence electrons. The summed E-state index contributed by atoms with van der Waals surface area (Å²) in [5.41, 5.74) is 4.59. The highest BCUT2D eigenvalue weighted by Gasteiger charge is 2.19. The van der Waals surface area contributed by atoms with Crippen molar-refractivity contribution < 1.29 is 0 Å². The van der Waals surface area contributed by atoms with Gasteiger partial charge in [-0.3, -0.25) is 4.90 Å². The number of rotatable bonds is 8. The van der Waals surface area contributed by atoms with Gasteiger partial charge in [0.2, 0.25) is 0 Å². The van der Waals surface area contributed by atoms with Crippen molar-refractivity contribution in [3.05, 3.63) is 54.1 Å². The number of fused-ring (bicyclic) bond motifs is 1. The molecule has 1 aliphatic heterocycles. The van der Waals surface area contributed by atoms with Crippen LogP contribution < -0.4 is 10.2 Å². The number of hydrogen-bond donors (Lipinski definition) is 2. The standard InChI is InChI=1S/C24H28N8S/c1-27-14-20(12-25)19-11-22(24-21(13-26)16-29-32(24)17-19)18-3-4-23(28-15-18)31-7-5-30(6-8-31)9-10-33-2/h3-4,11-12,14-17,25,27H,5-10H2,1-2H3/b20-14+,25-12?. The van der Waals surface area contributed by atoms with Crippen molar-refractivity contribution in [1.82, 2.24) is 24.8 Å². The van der Waals surface area contributed by atoms with Crippen LogP contribution in [0.4, 0.5) is 5.82 Å². The fraction of sp³-hybridized carbons (Fsp3) is 0.333. The summed E-state index contributed by atoms with van der Waals surface area (Å²) in [7, 11) is 1.80. The van der Waals surface area contributed by atoms with Gasteiger partial charge < -0.3 is 15.6 Å². The van der Waals surface area contributed by atoms with Gasteiger partial charge in [-0.25, -0.2) is 9.50 Å². The van der Waals surface area contributed by atoms with E-state index in [2.05, 4.69) is 44.7 Å². The van der Waals surface area contributed by atoms with Crippen LogP contribution in [0.2, 0.25) is 0 Å². The molecule has 0 amide bonds. The van der Waals surface area contributed by atoms with Gasteiger partial charge >= 0.3 is 0 Å². The van der Waals surface area contributed by atoms with Gasteiger partial charge in [0.05, 0.1) is 17.3 Å². The Hall–Kier alpha value is -3.35. The molecule has 3 aromatic heterocycles. The van der Waals surface area contributed by atoms with Crippen LogP contribution in [0.25, 0.3) is 22.2 Å². The summed E-state index contributed by atoms with van der Waals surface area (Å²) in [5, 5.41) is 24.7. The van der Waals surface area contributed by atoms with Gasteiger partial charge in [-0.15, -0.1) is 0 Å². The van der Waals surface area contributed by atoms with Gasteiger partial charge in [0, 0.05) is 92.6 Å². The number of pyridine rings is 2. The van der Waals surface area contributed by atoms with E-state index in [0.717, 1.165) is 66.3 Å². The van der Waals surface area contributed by atoms with E-state index < -0.39 is 0 Å². The smallest absolute Gasteiger partial charge is 0.128 e. The zero-order valence-electron chi connectivity index (χ0n) is 19.0. The minimum atomic E-state index is 0.510. The first-order valence-electron chi connectivity index (χ1n) is 10.9. The molecule has 0 radical (unpaired) electrons. The average molecular weight is 461 g/mol. The number of thioether (sulfide) groups is 1. The Morgan fingerprint density at radius 3 is 2.73 bits per heavy atom. The molecule has 1 saturated heterocycles. The predicted octanol–water partition coefficient (Wildman–Crippen LogP) is 2.96. The van der Waals surface area contributed by atoms with Crippen LogP contribution in [0, 0.1) is 16.7 Å². The quantitative estimate of drug-likeness (QED) is 0.499. The first-order valence-corrected chi connectivity index (χ1v) is 12.3. The molecule has 0 spiro atoms. The Kier molecular flexibility index (Phi) is 7.27. The van der Waals surface area contributed by atoms with E-state index >= 15 is 0 Å². The largest absolute Gasteiger partial charge is 0.393 e. The van der Waals surface area contributed by atoms with Gasteiger partial charge in [0.15, 0.2) is 0 Å². The molecule has 0 aromatic carbocycles. The molecule has 2 N–H and O–H groups in total. The average Bonchev–Trinajstić information content (AvgIpc) is 3.29.